The van der Waals surface area contributed by atoms with E-state index in [0.29, 0.717) is 30.2 Å². The number of carbonyl (C=O) groups is 1. The maximum Gasteiger partial charge on any atom is 0.417 e. The SMILES string of the molecule is Cc1cc(C)c(C(F)(F)F)c(C2Cc3nc(S(C)=O)nc(N4C[C@H](C)N(C(=O)OC(C)(C)C)C[C@H]4C)c3CO2)c1F. The first-order valence-corrected chi connectivity index (χ1v) is 14.9. The van der Waals surface area contributed by atoms with Gasteiger partial charge in [-0.25, -0.2) is 19.2 Å². The van der Waals surface area contributed by atoms with Crippen LogP contribution in [0.2, 0.25) is 0 Å². The number of alkyl halides is 3. The average molecular weight is 601 g/mol. The fourth-order valence-electron chi connectivity index (χ4n) is 5.45. The minimum Gasteiger partial charge on any atom is -0.444 e. The maximum absolute atomic E-state index is 15.3. The molecule has 13 heteroatoms. The monoisotopic (exact) mass is 600 g/mol. The van der Waals surface area contributed by atoms with Crippen molar-refractivity contribution in [2.45, 2.75) is 96.6 Å². The van der Waals surface area contributed by atoms with E-state index in [-0.39, 0.29) is 41.4 Å². The van der Waals surface area contributed by atoms with E-state index >= 15 is 4.39 Å². The van der Waals surface area contributed by atoms with Gasteiger partial charge in [0.2, 0.25) is 5.16 Å². The fraction of sp³-hybridized carbons (Fsp3) is 0.607. The third-order valence-corrected chi connectivity index (χ3v) is 7.98. The topological polar surface area (TPSA) is 84.9 Å². The van der Waals surface area contributed by atoms with Gasteiger partial charge in [-0.05, 0) is 59.6 Å². The van der Waals surface area contributed by atoms with E-state index in [0.717, 1.165) is 0 Å². The highest BCUT2D eigenvalue weighted by Gasteiger charge is 2.42. The molecule has 0 bridgehead atoms. The molecule has 8 nitrogen and oxygen atoms in total. The van der Waals surface area contributed by atoms with E-state index in [1.165, 1.54) is 26.2 Å². The number of amides is 1. The van der Waals surface area contributed by atoms with Crippen LogP contribution >= 0.6 is 0 Å². The molecule has 2 aliphatic rings. The molecule has 1 aromatic heterocycles. The van der Waals surface area contributed by atoms with Gasteiger partial charge in [-0.15, -0.1) is 0 Å². The number of aryl methyl sites for hydroxylation is 2. The second kappa shape index (κ2) is 11.1. The number of benzene rings is 1. The Morgan fingerprint density at radius 3 is 2.34 bits per heavy atom. The van der Waals surface area contributed by atoms with Crippen molar-refractivity contribution in [1.29, 1.82) is 0 Å². The predicted octanol–water partition coefficient (Wildman–Crippen LogP) is 5.64. The van der Waals surface area contributed by atoms with Crippen molar-refractivity contribution in [1.82, 2.24) is 14.9 Å². The second-order valence-corrected chi connectivity index (χ2v) is 13.1. The molecule has 1 amide bonds. The third-order valence-electron chi connectivity index (χ3n) is 7.29. The van der Waals surface area contributed by atoms with Crippen molar-refractivity contribution in [3.8, 4) is 0 Å². The van der Waals surface area contributed by atoms with E-state index in [1.807, 2.05) is 18.7 Å². The van der Waals surface area contributed by atoms with E-state index in [9.17, 15) is 22.2 Å². The van der Waals surface area contributed by atoms with Crippen LogP contribution in [-0.4, -0.2) is 62.2 Å². The molecule has 0 radical (unpaired) electrons. The van der Waals surface area contributed by atoms with Crippen LogP contribution in [0.4, 0.5) is 28.2 Å². The fourth-order valence-corrected chi connectivity index (χ4v) is 5.91. The molecule has 1 fully saturated rings. The Hall–Kier alpha value is -2.80. The number of fused-ring (bicyclic) bond motifs is 1. The number of ether oxygens (including phenoxy) is 2. The van der Waals surface area contributed by atoms with Crippen molar-refractivity contribution in [2.75, 3.05) is 24.2 Å². The molecule has 2 unspecified atom stereocenters. The number of rotatable bonds is 3. The number of aromatic nitrogens is 2. The molecule has 0 saturated carbocycles. The van der Waals surface area contributed by atoms with Gasteiger partial charge in [0.05, 0.1) is 34.8 Å². The molecule has 1 aromatic carbocycles. The van der Waals surface area contributed by atoms with Crippen LogP contribution in [0.5, 0.6) is 0 Å². The minimum atomic E-state index is -4.79. The van der Waals surface area contributed by atoms with Crippen LogP contribution in [0.25, 0.3) is 0 Å². The quantitative estimate of drug-likeness (QED) is 0.333. The largest absolute Gasteiger partial charge is 0.444 e. The third kappa shape index (κ3) is 6.35. The zero-order chi connectivity index (χ0) is 30.6. The van der Waals surface area contributed by atoms with Crippen LogP contribution in [0.3, 0.4) is 0 Å². The number of hydrogen-bond donors (Lipinski definition) is 0. The Kier molecular flexibility index (Phi) is 8.45. The molecular weight excluding hydrogens is 564 g/mol. The molecule has 0 aliphatic carbocycles. The molecular formula is C28H36F4N4O4S. The highest BCUT2D eigenvalue weighted by Crippen LogP contribution is 2.44. The number of piperazine rings is 1. The lowest BCUT2D eigenvalue weighted by Crippen LogP contribution is -2.59. The van der Waals surface area contributed by atoms with Crippen molar-refractivity contribution in [2.24, 2.45) is 0 Å². The highest BCUT2D eigenvalue weighted by molar-refractivity contribution is 7.84. The summed E-state index contributed by atoms with van der Waals surface area (Å²) in [6, 6.07) is 0.678. The summed E-state index contributed by atoms with van der Waals surface area (Å²) in [7, 11) is -1.60. The Balaban J connectivity index is 1.73. The summed E-state index contributed by atoms with van der Waals surface area (Å²) in [5.41, 5.74) is -1.36. The van der Waals surface area contributed by atoms with Gasteiger partial charge >= 0.3 is 12.3 Å². The number of hydrogen-bond acceptors (Lipinski definition) is 7. The van der Waals surface area contributed by atoms with Gasteiger partial charge in [0.1, 0.15) is 17.2 Å². The molecule has 41 heavy (non-hydrogen) atoms. The molecule has 1 saturated heterocycles. The van der Waals surface area contributed by atoms with Crippen molar-refractivity contribution >= 4 is 22.7 Å². The highest BCUT2D eigenvalue weighted by atomic mass is 32.2. The van der Waals surface area contributed by atoms with Gasteiger partial charge in [0.15, 0.2) is 0 Å². The van der Waals surface area contributed by atoms with Gasteiger partial charge in [-0.3, -0.25) is 4.21 Å². The van der Waals surface area contributed by atoms with Crippen LogP contribution in [0, 0.1) is 19.7 Å². The lowest BCUT2D eigenvalue weighted by atomic mass is 9.90. The molecule has 2 aliphatic heterocycles. The van der Waals surface area contributed by atoms with Gasteiger partial charge in [0.25, 0.3) is 0 Å². The first kappa shape index (κ1) is 31.1. The van der Waals surface area contributed by atoms with E-state index in [4.69, 9.17) is 9.47 Å². The predicted molar refractivity (Wildman–Crippen MR) is 146 cm³/mol. The van der Waals surface area contributed by atoms with Gasteiger partial charge in [0, 0.05) is 49.0 Å². The number of nitrogens with zero attached hydrogens (tertiary/aromatic N) is 4. The number of halogens is 4. The maximum atomic E-state index is 15.3. The summed E-state index contributed by atoms with van der Waals surface area (Å²) in [6.07, 6.45) is -5.21. The minimum absolute atomic E-state index is 0.0192. The van der Waals surface area contributed by atoms with Crippen molar-refractivity contribution < 1.29 is 36.0 Å². The second-order valence-electron chi connectivity index (χ2n) is 11.8. The van der Waals surface area contributed by atoms with Crippen molar-refractivity contribution in [3.63, 3.8) is 0 Å². The van der Waals surface area contributed by atoms with E-state index in [1.54, 1.807) is 25.7 Å². The van der Waals surface area contributed by atoms with Crippen LogP contribution in [0.1, 0.15) is 74.2 Å². The first-order chi connectivity index (χ1) is 18.9. The molecule has 2 aromatic rings. The standard InChI is InChI=1S/C28H36F4N4O4S/c1-14-9-15(2)23(29)21(22(14)28(30,31)32)20-10-19-18(13-39-20)24(34-25(33-19)41(8)38)35-11-17(4)36(12-16(35)3)26(37)40-27(5,6)7/h9,16-17,20H,10-13H2,1-8H3/t16-,17+,20?,41?/m1/s1. The van der Waals surface area contributed by atoms with Crippen LogP contribution < -0.4 is 4.90 Å². The Morgan fingerprint density at radius 1 is 1.10 bits per heavy atom. The van der Waals surface area contributed by atoms with Gasteiger partial charge in [-0.2, -0.15) is 13.2 Å². The zero-order valence-electron chi connectivity index (χ0n) is 24.5. The number of anilines is 1. The Bertz CT molecular complexity index is 1380. The summed E-state index contributed by atoms with van der Waals surface area (Å²) in [5, 5.41) is 0.0192. The van der Waals surface area contributed by atoms with Crippen molar-refractivity contribution in [3.05, 3.63) is 45.4 Å². The Morgan fingerprint density at radius 2 is 1.76 bits per heavy atom. The van der Waals surface area contributed by atoms with Crippen LogP contribution in [-0.2, 0) is 39.5 Å². The summed E-state index contributed by atoms with van der Waals surface area (Å²) in [5.74, 6) is -0.524. The Labute approximate surface area is 239 Å². The smallest absolute Gasteiger partial charge is 0.417 e. The molecule has 4 atom stereocenters. The molecule has 0 spiro atoms. The molecule has 4 rings (SSSR count). The van der Waals surface area contributed by atoms with Gasteiger partial charge in [-0.1, -0.05) is 6.07 Å². The van der Waals surface area contributed by atoms with Gasteiger partial charge < -0.3 is 19.3 Å². The summed E-state index contributed by atoms with van der Waals surface area (Å²) in [4.78, 5) is 25.4. The van der Waals surface area contributed by atoms with Crippen LogP contribution in [0.15, 0.2) is 11.2 Å². The lowest BCUT2D eigenvalue weighted by molar-refractivity contribution is -0.140. The van der Waals surface area contributed by atoms with E-state index in [2.05, 4.69) is 9.97 Å². The normalized spacial score (nSPS) is 22.4. The molecule has 3 heterocycles. The molecule has 0 N–H and O–H groups in total. The summed E-state index contributed by atoms with van der Waals surface area (Å²) in [6.45, 7) is 12.4. The average Bonchev–Trinajstić information content (AvgIpc) is 2.84. The number of carbonyl (C=O) groups excluding carboxylic acids is 1. The summed E-state index contributed by atoms with van der Waals surface area (Å²) < 4.78 is 81.5. The van der Waals surface area contributed by atoms with E-state index < -0.39 is 51.7 Å². The lowest BCUT2D eigenvalue weighted by Gasteiger charge is -2.45. The first-order valence-electron chi connectivity index (χ1n) is 13.4. The zero-order valence-corrected chi connectivity index (χ0v) is 25.3. The molecule has 226 valence electrons. The summed E-state index contributed by atoms with van der Waals surface area (Å²) >= 11 is 0.